The third-order valence-electron chi connectivity index (χ3n) is 5.26. The molecular weight excluding hydrogens is 406 g/mol. The number of para-hydroxylation sites is 1. The van der Waals surface area contributed by atoms with Gasteiger partial charge < -0.3 is 19.0 Å². The molecule has 0 bridgehead atoms. The van der Waals surface area contributed by atoms with Crippen molar-refractivity contribution < 1.29 is 18.7 Å². The van der Waals surface area contributed by atoms with Crippen molar-refractivity contribution in [3.8, 4) is 0 Å². The topological polar surface area (TPSA) is 75.9 Å². The van der Waals surface area contributed by atoms with E-state index in [1.54, 1.807) is 30.0 Å². The molecule has 0 unspecified atom stereocenters. The number of nitrogens with zero attached hydrogens (tertiary/aromatic N) is 3. The summed E-state index contributed by atoms with van der Waals surface area (Å²) in [5, 5.41) is 1.35. The van der Waals surface area contributed by atoms with Crippen molar-refractivity contribution in [2.45, 2.75) is 13.8 Å². The molecule has 0 atom stereocenters. The van der Waals surface area contributed by atoms with Crippen LogP contribution in [0.2, 0.25) is 5.02 Å². The molecule has 0 N–H and O–H groups in total. The molecule has 0 saturated carbocycles. The highest BCUT2D eigenvalue weighted by Gasteiger charge is 2.27. The molecule has 156 valence electrons. The smallest absolute Gasteiger partial charge is 0.339 e. The third kappa shape index (κ3) is 3.73. The van der Waals surface area contributed by atoms with Crippen LogP contribution < -0.4 is 4.90 Å². The van der Waals surface area contributed by atoms with Crippen molar-refractivity contribution in [1.82, 2.24) is 9.88 Å². The zero-order valence-electron chi connectivity index (χ0n) is 16.9. The molecule has 0 radical (unpaired) electrons. The van der Waals surface area contributed by atoms with E-state index in [1.807, 2.05) is 19.1 Å². The van der Waals surface area contributed by atoms with E-state index in [1.165, 1.54) is 6.20 Å². The van der Waals surface area contributed by atoms with E-state index in [0.717, 1.165) is 16.8 Å². The second kappa shape index (κ2) is 8.36. The average molecular weight is 428 g/mol. The van der Waals surface area contributed by atoms with Crippen molar-refractivity contribution in [3.05, 3.63) is 58.4 Å². The van der Waals surface area contributed by atoms with Gasteiger partial charge in [-0.3, -0.25) is 4.79 Å². The van der Waals surface area contributed by atoms with Crippen LogP contribution in [-0.4, -0.2) is 54.5 Å². The highest BCUT2D eigenvalue weighted by atomic mass is 35.5. The van der Waals surface area contributed by atoms with E-state index in [2.05, 4.69) is 9.88 Å². The van der Waals surface area contributed by atoms with Gasteiger partial charge in [0.05, 0.1) is 17.2 Å². The van der Waals surface area contributed by atoms with Crippen LogP contribution in [0.4, 0.5) is 5.82 Å². The Balaban J connectivity index is 1.43. The van der Waals surface area contributed by atoms with Crippen molar-refractivity contribution in [2.24, 2.45) is 0 Å². The maximum atomic E-state index is 13.0. The number of benzene rings is 1. The van der Waals surface area contributed by atoms with Gasteiger partial charge in [-0.1, -0.05) is 23.7 Å². The summed E-state index contributed by atoms with van der Waals surface area (Å²) in [6, 6.07) is 9.01. The van der Waals surface area contributed by atoms with Crippen LogP contribution in [0.3, 0.4) is 0 Å². The molecule has 7 nitrogen and oxygen atoms in total. The van der Waals surface area contributed by atoms with Gasteiger partial charge >= 0.3 is 5.97 Å². The van der Waals surface area contributed by atoms with Crippen molar-refractivity contribution in [2.75, 3.05) is 37.7 Å². The van der Waals surface area contributed by atoms with Crippen LogP contribution >= 0.6 is 11.6 Å². The quantitative estimate of drug-likeness (QED) is 0.587. The average Bonchev–Trinajstić information content (AvgIpc) is 3.11. The predicted molar refractivity (Wildman–Crippen MR) is 114 cm³/mol. The molecule has 1 aliphatic heterocycles. The molecule has 0 spiro atoms. The van der Waals surface area contributed by atoms with Crippen molar-refractivity contribution in [3.63, 3.8) is 0 Å². The summed E-state index contributed by atoms with van der Waals surface area (Å²) in [5.41, 5.74) is 1.77. The second-order valence-corrected chi connectivity index (χ2v) is 7.48. The van der Waals surface area contributed by atoms with E-state index < -0.39 is 0 Å². The molecule has 1 saturated heterocycles. The number of amides is 1. The van der Waals surface area contributed by atoms with E-state index in [0.29, 0.717) is 54.7 Å². The number of furan rings is 1. The Morgan fingerprint density at radius 1 is 1.17 bits per heavy atom. The van der Waals surface area contributed by atoms with Gasteiger partial charge in [0.2, 0.25) is 0 Å². The van der Waals surface area contributed by atoms with Crippen molar-refractivity contribution in [1.29, 1.82) is 0 Å². The minimum atomic E-state index is -0.381. The molecule has 30 heavy (non-hydrogen) atoms. The minimum Gasteiger partial charge on any atom is -0.462 e. The summed E-state index contributed by atoms with van der Waals surface area (Å²) >= 11 is 6.21. The standard InChI is InChI=1S/C22H22ClN3O4/c1-3-29-22(28)15-7-8-18(24-13-15)25-9-11-26(12-10-25)21(27)19-14(2)16-5-4-6-17(23)20(16)30-19/h4-8,13H,3,9-12H2,1-2H3. The molecule has 1 fully saturated rings. The zero-order chi connectivity index (χ0) is 21.3. The molecule has 3 aromatic rings. The fraction of sp³-hybridized carbons (Fsp3) is 0.318. The number of aromatic nitrogens is 1. The molecule has 0 aliphatic carbocycles. The number of piperazine rings is 1. The van der Waals surface area contributed by atoms with Gasteiger partial charge in [-0.2, -0.15) is 0 Å². The monoisotopic (exact) mass is 427 g/mol. The molecule has 1 aliphatic rings. The van der Waals surface area contributed by atoms with Crippen LogP contribution in [0.15, 0.2) is 40.9 Å². The number of esters is 1. The van der Waals surface area contributed by atoms with Crippen molar-refractivity contribution >= 4 is 40.3 Å². The summed E-state index contributed by atoms with van der Waals surface area (Å²) in [7, 11) is 0. The number of pyridine rings is 1. The molecule has 2 aromatic heterocycles. The Morgan fingerprint density at radius 2 is 1.93 bits per heavy atom. The van der Waals surface area contributed by atoms with Gasteiger partial charge in [0, 0.05) is 43.3 Å². The highest BCUT2D eigenvalue weighted by molar-refractivity contribution is 6.35. The summed E-state index contributed by atoms with van der Waals surface area (Å²) < 4.78 is 10.8. The second-order valence-electron chi connectivity index (χ2n) is 7.08. The maximum Gasteiger partial charge on any atom is 0.339 e. The van der Waals surface area contributed by atoms with Gasteiger partial charge in [-0.25, -0.2) is 9.78 Å². The lowest BCUT2D eigenvalue weighted by molar-refractivity contribution is 0.0525. The largest absolute Gasteiger partial charge is 0.462 e. The van der Waals surface area contributed by atoms with Crippen LogP contribution in [-0.2, 0) is 4.74 Å². The van der Waals surface area contributed by atoms with Gasteiger partial charge in [-0.15, -0.1) is 0 Å². The van der Waals surface area contributed by atoms with Gasteiger partial charge in [0.1, 0.15) is 5.82 Å². The number of anilines is 1. The third-order valence-corrected chi connectivity index (χ3v) is 5.56. The van der Waals surface area contributed by atoms with Gasteiger partial charge in [-0.05, 0) is 32.0 Å². The first-order chi connectivity index (χ1) is 14.5. The number of carbonyl (C=O) groups excluding carboxylic acids is 2. The summed E-state index contributed by atoms with van der Waals surface area (Å²) in [4.78, 5) is 33.0. The zero-order valence-corrected chi connectivity index (χ0v) is 17.6. The Morgan fingerprint density at radius 3 is 2.57 bits per heavy atom. The van der Waals surface area contributed by atoms with E-state index in [4.69, 9.17) is 20.8 Å². The van der Waals surface area contributed by atoms with Crippen LogP contribution in [0.1, 0.15) is 33.4 Å². The van der Waals surface area contributed by atoms with E-state index in [9.17, 15) is 9.59 Å². The number of fused-ring (bicyclic) bond motifs is 1. The maximum absolute atomic E-state index is 13.0. The fourth-order valence-corrected chi connectivity index (χ4v) is 3.82. The van der Waals surface area contributed by atoms with E-state index >= 15 is 0 Å². The molecular formula is C22H22ClN3O4. The lowest BCUT2D eigenvalue weighted by Gasteiger charge is -2.35. The highest BCUT2D eigenvalue weighted by Crippen LogP contribution is 2.31. The van der Waals surface area contributed by atoms with Crippen LogP contribution in [0.5, 0.6) is 0 Å². The first kappa shape index (κ1) is 20.2. The number of carbonyl (C=O) groups is 2. The number of aryl methyl sites for hydroxylation is 1. The predicted octanol–water partition coefficient (Wildman–Crippen LogP) is 3.93. The fourth-order valence-electron chi connectivity index (χ4n) is 3.60. The molecule has 1 aromatic carbocycles. The first-order valence-corrected chi connectivity index (χ1v) is 10.2. The molecule has 4 rings (SSSR count). The number of hydrogen-bond donors (Lipinski definition) is 0. The molecule has 1 amide bonds. The number of halogens is 1. The normalized spacial score (nSPS) is 14.2. The summed E-state index contributed by atoms with van der Waals surface area (Å²) in [5.74, 6) is 0.587. The summed E-state index contributed by atoms with van der Waals surface area (Å²) in [6.07, 6.45) is 1.52. The lowest BCUT2D eigenvalue weighted by Crippen LogP contribution is -2.49. The van der Waals surface area contributed by atoms with Crippen LogP contribution in [0.25, 0.3) is 11.0 Å². The summed E-state index contributed by atoms with van der Waals surface area (Å²) in [6.45, 7) is 6.33. The Kier molecular flexibility index (Phi) is 5.63. The van der Waals surface area contributed by atoms with Gasteiger partial charge in [0.25, 0.3) is 5.91 Å². The Bertz CT molecular complexity index is 1090. The van der Waals surface area contributed by atoms with Crippen LogP contribution in [0, 0.1) is 6.92 Å². The Labute approximate surface area is 179 Å². The van der Waals surface area contributed by atoms with Gasteiger partial charge in [0.15, 0.2) is 11.3 Å². The number of rotatable bonds is 4. The minimum absolute atomic E-state index is 0.134. The first-order valence-electron chi connectivity index (χ1n) is 9.84. The molecule has 8 heteroatoms. The lowest BCUT2D eigenvalue weighted by atomic mass is 10.1. The number of hydrogen-bond acceptors (Lipinski definition) is 6. The molecule has 3 heterocycles. The Hall–Kier alpha value is -3.06. The number of ether oxygens (including phenoxy) is 1. The van der Waals surface area contributed by atoms with E-state index in [-0.39, 0.29) is 11.9 Å². The SMILES string of the molecule is CCOC(=O)c1ccc(N2CCN(C(=O)c3oc4c(Cl)cccc4c3C)CC2)nc1.